The molecule has 0 aliphatic heterocycles. The van der Waals surface area contributed by atoms with Crippen molar-refractivity contribution in [1.82, 2.24) is 14.7 Å². The summed E-state index contributed by atoms with van der Waals surface area (Å²) in [6, 6.07) is 19.4. The van der Waals surface area contributed by atoms with Gasteiger partial charge in [-0.3, -0.25) is 4.79 Å². The van der Waals surface area contributed by atoms with Crippen molar-refractivity contribution in [2.75, 3.05) is 7.11 Å². The minimum atomic E-state index is -0.134. The molecule has 5 nitrogen and oxygen atoms in total. The summed E-state index contributed by atoms with van der Waals surface area (Å²) in [7, 11) is 1.61. The fraction of sp³-hybridized carbons (Fsp3) is 0.167. The molecule has 2 heterocycles. The van der Waals surface area contributed by atoms with Crippen molar-refractivity contribution in [3.63, 3.8) is 0 Å². The number of carbonyl (C=O) groups excluding carboxylic acids is 1. The Kier molecular flexibility index (Phi) is 5.04. The van der Waals surface area contributed by atoms with Crippen LogP contribution in [-0.4, -0.2) is 22.4 Å². The topological polar surface area (TPSA) is 55.6 Å². The van der Waals surface area contributed by atoms with Gasteiger partial charge in [0.25, 0.3) is 5.91 Å². The van der Waals surface area contributed by atoms with Crippen molar-refractivity contribution in [2.45, 2.75) is 20.4 Å². The number of carbonyl (C=O) groups is 1. The monoisotopic (exact) mass is 385 g/mol. The molecule has 2 aromatic heterocycles. The van der Waals surface area contributed by atoms with E-state index in [1.807, 2.05) is 19.1 Å². The molecule has 4 rings (SSSR count). The van der Waals surface area contributed by atoms with E-state index >= 15 is 0 Å². The molecule has 0 saturated carbocycles. The molecule has 29 heavy (non-hydrogen) atoms. The van der Waals surface area contributed by atoms with Crippen molar-refractivity contribution in [2.24, 2.45) is 0 Å². The quantitative estimate of drug-likeness (QED) is 0.548. The fourth-order valence-electron chi connectivity index (χ4n) is 3.32. The number of ether oxygens (including phenoxy) is 1. The lowest BCUT2D eigenvalue weighted by Gasteiger charge is -2.09. The van der Waals surface area contributed by atoms with Crippen molar-refractivity contribution in [1.29, 1.82) is 0 Å². The van der Waals surface area contributed by atoms with Gasteiger partial charge in [-0.25, -0.2) is 4.98 Å². The highest BCUT2D eigenvalue weighted by atomic mass is 16.5. The number of rotatable bonds is 5. The number of nitrogens with zero attached hydrogens (tertiary/aromatic N) is 2. The van der Waals surface area contributed by atoms with Crippen LogP contribution in [0, 0.1) is 13.8 Å². The summed E-state index contributed by atoms with van der Waals surface area (Å²) in [5.41, 5.74) is 6.65. The largest absolute Gasteiger partial charge is 0.497 e. The van der Waals surface area contributed by atoms with Gasteiger partial charge in [-0.15, -0.1) is 0 Å². The smallest absolute Gasteiger partial charge is 0.251 e. The number of benzene rings is 2. The zero-order valence-electron chi connectivity index (χ0n) is 16.8. The number of imidazole rings is 1. The van der Waals surface area contributed by atoms with Crippen molar-refractivity contribution >= 4 is 11.6 Å². The first-order chi connectivity index (χ1) is 14.0. The number of amides is 1. The highest BCUT2D eigenvalue weighted by Crippen LogP contribution is 2.25. The molecule has 0 spiro atoms. The molecular formula is C24H23N3O2. The Bertz CT molecular complexity index is 1160. The summed E-state index contributed by atoms with van der Waals surface area (Å²) < 4.78 is 7.21. The second kappa shape index (κ2) is 7.80. The second-order valence-electron chi connectivity index (χ2n) is 7.12. The zero-order valence-corrected chi connectivity index (χ0v) is 16.8. The summed E-state index contributed by atoms with van der Waals surface area (Å²) in [5, 5.41) is 3.03. The lowest BCUT2D eigenvalue weighted by molar-refractivity contribution is 0.0950. The Balaban J connectivity index is 1.67. The SMILES string of the molecule is COc1ccc(C(=O)NCc2c(-c3ccc(C)cc3)nc3ccc(C)cn23)cc1. The lowest BCUT2D eigenvalue weighted by atomic mass is 10.1. The van der Waals surface area contributed by atoms with E-state index in [1.165, 1.54) is 5.56 Å². The lowest BCUT2D eigenvalue weighted by Crippen LogP contribution is -2.23. The first kappa shape index (κ1) is 18.7. The Labute approximate surface area is 170 Å². The number of hydrogen-bond acceptors (Lipinski definition) is 3. The molecule has 0 aliphatic rings. The predicted molar refractivity (Wildman–Crippen MR) is 114 cm³/mol. The molecule has 1 N–H and O–H groups in total. The molecule has 0 aliphatic carbocycles. The van der Waals surface area contributed by atoms with E-state index in [9.17, 15) is 4.79 Å². The Hall–Kier alpha value is -3.60. The van der Waals surface area contributed by atoms with Gasteiger partial charge >= 0.3 is 0 Å². The number of aromatic nitrogens is 2. The highest BCUT2D eigenvalue weighted by molar-refractivity contribution is 5.94. The van der Waals surface area contributed by atoms with Crippen LogP contribution in [0.3, 0.4) is 0 Å². The molecular weight excluding hydrogens is 362 g/mol. The molecule has 2 aromatic carbocycles. The molecule has 0 unspecified atom stereocenters. The molecule has 146 valence electrons. The summed E-state index contributed by atoms with van der Waals surface area (Å²) in [4.78, 5) is 17.5. The minimum absolute atomic E-state index is 0.134. The summed E-state index contributed by atoms with van der Waals surface area (Å²) in [6.45, 7) is 4.48. The van der Waals surface area contributed by atoms with Crippen LogP contribution in [0.4, 0.5) is 0 Å². The average molecular weight is 385 g/mol. The molecule has 0 bridgehead atoms. The number of aryl methyl sites for hydroxylation is 2. The Morgan fingerprint density at radius 3 is 2.34 bits per heavy atom. The standard InChI is InChI=1S/C24H23N3O2/c1-16-4-7-18(8-5-16)23-21(27-15-17(2)6-13-22(27)26-23)14-25-24(28)19-9-11-20(29-3)12-10-19/h4-13,15H,14H2,1-3H3,(H,25,28). The van der Waals surface area contributed by atoms with Gasteiger partial charge in [0, 0.05) is 17.3 Å². The third-order valence-corrected chi connectivity index (χ3v) is 4.96. The number of nitrogens with one attached hydrogen (secondary N) is 1. The normalized spacial score (nSPS) is 10.9. The van der Waals surface area contributed by atoms with Gasteiger partial charge in [-0.1, -0.05) is 35.9 Å². The molecule has 1 amide bonds. The molecule has 0 radical (unpaired) electrons. The van der Waals surface area contributed by atoms with Gasteiger partial charge in [0.2, 0.25) is 0 Å². The number of pyridine rings is 1. The first-order valence-corrected chi connectivity index (χ1v) is 9.52. The van der Waals surface area contributed by atoms with E-state index in [0.717, 1.165) is 33.9 Å². The van der Waals surface area contributed by atoms with Crippen LogP contribution in [0.5, 0.6) is 5.75 Å². The first-order valence-electron chi connectivity index (χ1n) is 9.52. The van der Waals surface area contributed by atoms with Crippen LogP contribution in [0.25, 0.3) is 16.9 Å². The molecule has 5 heteroatoms. The van der Waals surface area contributed by atoms with Gasteiger partial charge in [-0.2, -0.15) is 0 Å². The van der Waals surface area contributed by atoms with Crippen LogP contribution in [0.15, 0.2) is 66.9 Å². The van der Waals surface area contributed by atoms with E-state index in [1.54, 1.807) is 31.4 Å². The molecule has 0 fully saturated rings. The fourth-order valence-corrected chi connectivity index (χ4v) is 3.32. The number of fused-ring (bicyclic) bond motifs is 1. The second-order valence-corrected chi connectivity index (χ2v) is 7.12. The summed E-state index contributed by atoms with van der Waals surface area (Å²) in [5.74, 6) is 0.588. The maximum absolute atomic E-state index is 12.7. The molecule has 0 saturated heterocycles. The Morgan fingerprint density at radius 1 is 0.966 bits per heavy atom. The van der Waals surface area contributed by atoms with Gasteiger partial charge < -0.3 is 14.5 Å². The van der Waals surface area contributed by atoms with Crippen molar-refractivity contribution in [3.8, 4) is 17.0 Å². The van der Waals surface area contributed by atoms with Gasteiger partial charge in [0.1, 0.15) is 11.4 Å². The van der Waals surface area contributed by atoms with Gasteiger partial charge in [-0.05, 0) is 49.7 Å². The zero-order chi connectivity index (χ0) is 20.4. The highest BCUT2D eigenvalue weighted by Gasteiger charge is 2.15. The van der Waals surface area contributed by atoms with Crippen molar-refractivity contribution < 1.29 is 9.53 Å². The number of methoxy groups -OCH3 is 1. The summed E-state index contributed by atoms with van der Waals surface area (Å²) >= 11 is 0. The van der Waals surface area contributed by atoms with Gasteiger partial charge in [0.05, 0.1) is 25.0 Å². The predicted octanol–water partition coefficient (Wildman–Crippen LogP) is 4.56. The number of hydrogen-bond donors (Lipinski definition) is 1. The van der Waals surface area contributed by atoms with E-state index in [-0.39, 0.29) is 5.91 Å². The van der Waals surface area contributed by atoms with E-state index in [2.05, 4.69) is 47.1 Å². The van der Waals surface area contributed by atoms with E-state index < -0.39 is 0 Å². The molecule has 4 aromatic rings. The Morgan fingerprint density at radius 2 is 1.66 bits per heavy atom. The minimum Gasteiger partial charge on any atom is -0.497 e. The van der Waals surface area contributed by atoms with E-state index in [4.69, 9.17) is 9.72 Å². The van der Waals surface area contributed by atoms with Crippen LogP contribution in [0.1, 0.15) is 27.2 Å². The third-order valence-electron chi connectivity index (χ3n) is 4.96. The third kappa shape index (κ3) is 3.85. The maximum atomic E-state index is 12.7. The van der Waals surface area contributed by atoms with Crippen LogP contribution in [-0.2, 0) is 6.54 Å². The average Bonchev–Trinajstić information content (AvgIpc) is 3.10. The summed E-state index contributed by atoms with van der Waals surface area (Å²) in [6.07, 6.45) is 2.05. The molecule has 0 atom stereocenters. The maximum Gasteiger partial charge on any atom is 0.251 e. The van der Waals surface area contributed by atoms with Crippen molar-refractivity contribution in [3.05, 3.63) is 89.2 Å². The van der Waals surface area contributed by atoms with Crippen LogP contribution >= 0.6 is 0 Å². The van der Waals surface area contributed by atoms with E-state index in [0.29, 0.717) is 12.1 Å². The van der Waals surface area contributed by atoms with Crippen LogP contribution in [0.2, 0.25) is 0 Å². The van der Waals surface area contributed by atoms with Crippen LogP contribution < -0.4 is 10.1 Å². The van der Waals surface area contributed by atoms with Gasteiger partial charge in [0.15, 0.2) is 0 Å².